The zero-order chi connectivity index (χ0) is 13.9. The van der Waals surface area contributed by atoms with Crippen molar-refractivity contribution >= 4 is 23.1 Å². The molecule has 104 valence electrons. The molecule has 0 unspecified atom stereocenters. The summed E-state index contributed by atoms with van der Waals surface area (Å²) in [5.74, 6) is -0.267. The molecule has 0 saturated carbocycles. The molecule has 6 heteroatoms. The first-order valence-electron chi connectivity index (χ1n) is 6.59. The minimum atomic E-state index is -0.724. The minimum Gasteiger partial charge on any atom is -0.481 e. The number of carbonyl (C=O) groups is 1. The Morgan fingerprint density at radius 1 is 1.35 bits per heavy atom. The highest BCUT2D eigenvalue weighted by Crippen LogP contribution is 2.25. The third-order valence-corrected chi connectivity index (χ3v) is 4.41. The largest absolute Gasteiger partial charge is 0.481 e. The van der Waals surface area contributed by atoms with Crippen molar-refractivity contribution in [1.29, 1.82) is 0 Å². The van der Waals surface area contributed by atoms with Crippen LogP contribution in [-0.4, -0.2) is 34.4 Å². The second-order valence-electron chi connectivity index (χ2n) is 4.88. The van der Waals surface area contributed by atoms with Gasteiger partial charge in [-0.15, -0.1) is 21.5 Å². The lowest BCUT2D eigenvalue weighted by Crippen LogP contribution is -2.39. The number of rotatable bonds is 3. The standard InChI is InChI=1S/C14H15N3O2S/c18-14(19)10-3-1-7-17(9-10)13-6-5-11(15-16-13)12-4-2-8-20-12/h2,4-6,8,10H,1,3,7,9H2,(H,18,19)/t10-/m1/s1. The van der Waals surface area contributed by atoms with Crippen LogP contribution in [0, 0.1) is 5.92 Å². The van der Waals surface area contributed by atoms with E-state index in [1.165, 1.54) is 0 Å². The quantitative estimate of drug-likeness (QED) is 0.940. The number of nitrogens with zero attached hydrogens (tertiary/aromatic N) is 3. The van der Waals surface area contributed by atoms with Crippen molar-refractivity contribution in [2.75, 3.05) is 18.0 Å². The number of carboxylic acid groups (broad SMARTS) is 1. The Balaban J connectivity index is 1.76. The number of hydrogen-bond donors (Lipinski definition) is 1. The van der Waals surface area contributed by atoms with E-state index in [0.717, 1.165) is 35.8 Å². The molecule has 3 rings (SSSR count). The van der Waals surface area contributed by atoms with Crippen LogP contribution in [0.5, 0.6) is 0 Å². The zero-order valence-electron chi connectivity index (χ0n) is 10.9. The first kappa shape index (κ1) is 13.1. The fourth-order valence-electron chi connectivity index (χ4n) is 2.44. The van der Waals surface area contributed by atoms with Crippen LogP contribution in [0.1, 0.15) is 12.8 Å². The van der Waals surface area contributed by atoms with E-state index in [-0.39, 0.29) is 5.92 Å². The number of piperidine rings is 1. The molecule has 1 saturated heterocycles. The summed E-state index contributed by atoms with van der Waals surface area (Å²) < 4.78 is 0. The molecule has 0 aromatic carbocycles. The van der Waals surface area contributed by atoms with Gasteiger partial charge in [-0.05, 0) is 36.4 Å². The van der Waals surface area contributed by atoms with Crippen LogP contribution in [0.25, 0.3) is 10.6 Å². The Labute approximate surface area is 120 Å². The van der Waals surface area contributed by atoms with Gasteiger partial charge in [-0.2, -0.15) is 0 Å². The molecule has 5 nitrogen and oxygen atoms in total. The molecule has 0 aliphatic carbocycles. The SMILES string of the molecule is O=C(O)[C@@H]1CCCN(c2ccc(-c3cccs3)nn2)C1. The fraction of sp³-hybridized carbons (Fsp3) is 0.357. The Morgan fingerprint density at radius 3 is 2.90 bits per heavy atom. The Morgan fingerprint density at radius 2 is 2.25 bits per heavy atom. The maximum atomic E-state index is 11.1. The molecule has 0 bridgehead atoms. The Bertz CT molecular complexity index is 583. The van der Waals surface area contributed by atoms with E-state index in [0.29, 0.717) is 6.54 Å². The highest BCUT2D eigenvalue weighted by atomic mass is 32.1. The van der Waals surface area contributed by atoms with Gasteiger partial charge in [0.05, 0.1) is 10.8 Å². The molecule has 2 aromatic rings. The highest BCUT2D eigenvalue weighted by Gasteiger charge is 2.26. The maximum Gasteiger partial charge on any atom is 0.308 e. The normalized spacial score (nSPS) is 19.0. The van der Waals surface area contributed by atoms with Gasteiger partial charge in [-0.3, -0.25) is 4.79 Å². The van der Waals surface area contributed by atoms with Crippen molar-refractivity contribution < 1.29 is 9.90 Å². The number of hydrogen-bond acceptors (Lipinski definition) is 5. The van der Waals surface area contributed by atoms with E-state index in [1.54, 1.807) is 11.3 Å². The van der Waals surface area contributed by atoms with E-state index in [1.807, 2.05) is 34.5 Å². The van der Waals surface area contributed by atoms with Gasteiger partial charge >= 0.3 is 5.97 Å². The summed E-state index contributed by atoms with van der Waals surface area (Å²) in [5.41, 5.74) is 0.857. The van der Waals surface area contributed by atoms with Crippen molar-refractivity contribution in [2.24, 2.45) is 5.92 Å². The molecule has 1 aliphatic heterocycles. The van der Waals surface area contributed by atoms with E-state index < -0.39 is 5.97 Å². The molecular formula is C14H15N3O2S. The first-order valence-corrected chi connectivity index (χ1v) is 7.47. The fourth-order valence-corrected chi connectivity index (χ4v) is 3.13. The summed E-state index contributed by atoms with van der Waals surface area (Å²) >= 11 is 1.63. The molecule has 2 aromatic heterocycles. The smallest absolute Gasteiger partial charge is 0.308 e. The third-order valence-electron chi connectivity index (χ3n) is 3.52. The summed E-state index contributed by atoms with van der Waals surface area (Å²) in [6.07, 6.45) is 1.62. The van der Waals surface area contributed by atoms with Gasteiger partial charge in [0.15, 0.2) is 5.82 Å². The van der Waals surface area contributed by atoms with Crippen LogP contribution in [0.15, 0.2) is 29.6 Å². The van der Waals surface area contributed by atoms with E-state index in [9.17, 15) is 4.79 Å². The summed E-state index contributed by atoms with van der Waals surface area (Å²) in [4.78, 5) is 14.2. The summed E-state index contributed by atoms with van der Waals surface area (Å²) in [6.45, 7) is 1.36. The van der Waals surface area contributed by atoms with Gasteiger partial charge in [0.1, 0.15) is 5.69 Å². The summed E-state index contributed by atoms with van der Waals surface area (Å²) in [5, 5.41) is 19.6. The van der Waals surface area contributed by atoms with Crippen molar-refractivity contribution in [2.45, 2.75) is 12.8 Å². The van der Waals surface area contributed by atoms with Crippen LogP contribution in [-0.2, 0) is 4.79 Å². The van der Waals surface area contributed by atoms with Crippen molar-refractivity contribution in [3.63, 3.8) is 0 Å². The minimum absolute atomic E-state index is 0.303. The van der Waals surface area contributed by atoms with Crippen LogP contribution < -0.4 is 4.90 Å². The van der Waals surface area contributed by atoms with E-state index in [2.05, 4.69) is 10.2 Å². The average molecular weight is 289 g/mol. The van der Waals surface area contributed by atoms with Gasteiger partial charge in [0.25, 0.3) is 0 Å². The summed E-state index contributed by atoms with van der Waals surface area (Å²) in [7, 11) is 0. The van der Waals surface area contributed by atoms with E-state index in [4.69, 9.17) is 5.11 Å². The van der Waals surface area contributed by atoms with Crippen molar-refractivity contribution in [3.05, 3.63) is 29.6 Å². The predicted molar refractivity (Wildman–Crippen MR) is 77.9 cm³/mol. The van der Waals surface area contributed by atoms with Crippen molar-refractivity contribution in [1.82, 2.24) is 10.2 Å². The van der Waals surface area contributed by atoms with E-state index >= 15 is 0 Å². The van der Waals surface area contributed by atoms with Gasteiger partial charge in [0, 0.05) is 13.1 Å². The summed E-state index contributed by atoms with van der Waals surface area (Å²) in [6, 6.07) is 7.86. The molecule has 1 fully saturated rings. The Hall–Kier alpha value is -1.95. The Kier molecular flexibility index (Phi) is 3.64. The number of aromatic nitrogens is 2. The lowest BCUT2D eigenvalue weighted by Gasteiger charge is -2.31. The monoisotopic (exact) mass is 289 g/mol. The zero-order valence-corrected chi connectivity index (χ0v) is 11.7. The van der Waals surface area contributed by atoms with Gasteiger partial charge < -0.3 is 10.0 Å². The van der Waals surface area contributed by atoms with Crippen LogP contribution in [0.2, 0.25) is 0 Å². The first-order chi connectivity index (χ1) is 9.74. The second-order valence-corrected chi connectivity index (χ2v) is 5.83. The van der Waals surface area contributed by atoms with Crippen LogP contribution >= 0.6 is 11.3 Å². The van der Waals surface area contributed by atoms with Crippen molar-refractivity contribution in [3.8, 4) is 10.6 Å². The number of carboxylic acids is 1. The topological polar surface area (TPSA) is 66.3 Å². The van der Waals surface area contributed by atoms with Gasteiger partial charge in [0.2, 0.25) is 0 Å². The molecule has 1 atom stereocenters. The lowest BCUT2D eigenvalue weighted by molar-refractivity contribution is -0.141. The average Bonchev–Trinajstić information content (AvgIpc) is 3.02. The molecule has 1 aliphatic rings. The van der Waals surface area contributed by atoms with Gasteiger partial charge in [-0.25, -0.2) is 0 Å². The number of anilines is 1. The third kappa shape index (κ3) is 2.65. The number of thiophene rings is 1. The second kappa shape index (κ2) is 5.58. The molecule has 1 N–H and O–H groups in total. The van der Waals surface area contributed by atoms with Crippen LogP contribution in [0.3, 0.4) is 0 Å². The lowest BCUT2D eigenvalue weighted by atomic mass is 9.98. The molecule has 0 radical (unpaired) electrons. The molecule has 0 amide bonds. The molecule has 0 spiro atoms. The molecule has 3 heterocycles. The van der Waals surface area contributed by atoms with Crippen LogP contribution in [0.4, 0.5) is 5.82 Å². The molecular weight excluding hydrogens is 274 g/mol. The molecule has 20 heavy (non-hydrogen) atoms. The highest BCUT2D eigenvalue weighted by molar-refractivity contribution is 7.13. The number of aliphatic carboxylic acids is 1. The van der Waals surface area contributed by atoms with Gasteiger partial charge in [-0.1, -0.05) is 6.07 Å². The predicted octanol–water partition coefficient (Wildman–Crippen LogP) is 2.51. The maximum absolute atomic E-state index is 11.1.